The van der Waals surface area contributed by atoms with Crippen LogP contribution < -0.4 is 5.32 Å². The number of aryl methyl sites for hydroxylation is 1. The third kappa shape index (κ3) is 3.17. The SMILES string of the molecule is Cc1csc([C@H](NC(=O)N2CCCC[C@@H]2c2ncc[nH]2)C2CC2)n1. The Morgan fingerprint density at radius 3 is 2.96 bits per heavy atom. The lowest BCUT2D eigenvalue weighted by Crippen LogP contribution is -2.46. The number of likely N-dealkylation sites (tertiary alicyclic amines) is 1. The van der Waals surface area contributed by atoms with E-state index in [0.29, 0.717) is 5.92 Å². The van der Waals surface area contributed by atoms with E-state index in [0.717, 1.165) is 42.3 Å². The van der Waals surface area contributed by atoms with Crippen molar-refractivity contribution in [1.82, 2.24) is 25.2 Å². The number of piperidine rings is 1. The molecule has 2 N–H and O–H groups in total. The Morgan fingerprint density at radius 2 is 2.29 bits per heavy atom. The van der Waals surface area contributed by atoms with E-state index in [9.17, 15) is 4.79 Å². The fourth-order valence-corrected chi connectivity index (χ4v) is 4.40. The molecule has 1 aliphatic heterocycles. The van der Waals surface area contributed by atoms with Crippen LogP contribution in [0, 0.1) is 12.8 Å². The molecule has 0 bridgehead atoms. The normalized spacial score (nSPS) is 22.4. The number of amides is 2. The molecular weight excluding hydrogens is 322 g/mol. The van der Waals surface area contributed by atoms with Gasteiger partial charge in [-0.05, 0) is 44.9 Å². The summed E-state index contributed by atoms with van der Waals surface area (Å²) in [5.41, 5.74) is 1.03. The average molecular weight is 345 g/mol. The lowest BCUT2D eigenvalue weighted by atomic mass is 10.0. The first-order chi connectivity index (χ1) is 11.7. The van der Waals surface area contributed by atoms with E-state index in [-0.39, 0.29) is 18.1 Å². The van der Waals surface area contributed by atoms with Crippen molar-refractivity contribution in [2.24, 2.45) is 5.92 Å². The predicted molar refractivity (Wildman–Crippen MR) is 92.7 cm³/mol. The quantitative estimate of drug-likeness (QED) is 0.890. The molecule has 0 spiro atoms. The Kier molecular flexibility index (Phi) is 4.26. The highest BCUT2D eigenvalue weighted by atomic mass is 32.1. The Morgan fingerprint density at radius 1 is 1.42 bits per heavy atom. The Hall–Kier alpha value is -1.89. The molecule has 2 aromatic rings. The summed E-state index contributed by atoms with van der Waals surface area (Å²) in [7, 11) is 0. The highest BCUT2D eigenvalue weighted by molar-refractivity contribution is 7.09. The number of aromatic nitrogens is 3. The molecule has 2 aliphatic rings. The lowest BCUT2D eigenvalue weighted by Gasteiger charge is -2.35. The lowest BCUT2D eigenvalue weighted by molar-refractivity contribution is 0.143. The number of rotatable bonds is 4. The van der Waals surface area contributed by atoms with E-state index < -0.39 is 0 Å². The van der Waals surface area contributed by atoms with Crippen LogP contribution in [-0.4, -0.2) is 32.4 Å². The molecule has 24 heavy (non-hydrogen) atoms. The van der Waals surface area contributed by atoms with Crippen LogP contribution in [0.3, 0.4) is 0 Å². The minimum absolute atomic E-state index is 0.0147. The number of nitrogens with zero attached hydrogens (tertiary/aromatic N) is 3. The van der Waals surface area contributed by atoms with Crippen LogP contribution in [0.5, 0.6) is 0 Å². The molecule has 2 fully saturated rings. The molecular formula is C17H23N5OS. The van der Waals surface area contributed by atoms with E-state index in [1.54, 1.807) is 17.5 Å². The largest absolute Gasteiger partial charge is 0.347 e. The van der Waals surface area contributed by atoms with Gasteiger partial charge in [0, 0.05) is 30.0 Å². The van der Waals surface area contributed by atoms with Crippen molar-refractivity contribution in [3.63, 3.8) is 0 Å². The molecule has 6 nitrogen and oxygen atoms in total. The summed E-state index contributed by atoms with van der Waals surface area (Å²) in [6, 6.07) is 0.114. The van der Waals surface area contributed by atoms with Crippen molar-refractivity contribution in [3.8, 4) is 0 Å². The second kappa shape index (κ2) is 6.55. The molecule has 7 heteroatoms. The van der Waals surface area contributed by atoms with E-state index in [4.69, 9.17) is 0 Å². The monoisotopic (exact) mass is 345 g/mol. The summed E-state index contributed by atoms with van der Waals surface area (Å²) in [6.07, 6.45) is 9.07. The van der Waals surface area contributed by atoms with Gasteiger partial charge in [-0.15, -0.1) is 11.3 Å². The molecule has 1 aliphatic carbocycles. The number of hydrogen-bond acceptors (Lipinski definition) is 4. The number of hydrogen-bond donors (Lipinski definition) is 2. The van der Waals surface area contributed by atoms with Gasteiger partial charge in [0.25, 0.3) is 0 Å². The fourth-order valence-electron chi connectivity index (χ4n) is 3.46. The Bertz CT molecular complexity index is 694. The molecule has 128 valence electrons. The van der Waals surface area contributed by atoms with Gasteiger partial charge in [0.05, 0.1) is 12.1 Å². The molecule has 2 amide bonds. The second-order valence-electron chi connectivity index (χ2n) is 6.77. The van der Waals surface area contributed by atoms with Crippen LogP contribution in [-0.2, 0) is 0 Å². The summed E-state index contributed by atoms with van der Waals surface area (Å²) >= 11 is 1.65. The number of H-pyrrole nitrogens is 1. The maximum Gasteiger partial charge on any atom is 0.318 e. The number of carbonyl (C=O) groups is 1. The highest BCUT2D eigenvalue weighted by Crippen LogP contribution is 2.42. The van der Waals surface area contributed by atoms with Crippen LogP contribution >= 0.6 is 11.3 Å². The van der Waals surface area contributed by atoms with Gasteiger partial charge in [0.1, 0.15) is 10.8 Å². The molecule has 2 aromatic heterocycles. The van der Waals surface area contributed by atoms with Gasteiger partial charge in [-0.25, -0.2) is 14.8 Å². The van der Waals surface area contributed by atoms with Gasteiger partial charge in [-0.1, -0.05) is 0 Å². The molecule has 3 heterocycles. The number of nitrogens with one attached hydrogen (secondary N) is 2. The predicted octanol–water partition coefficient (Wildman–Crippen LogP) is 3.56. The van der Waals surface area contributed by atoms with Gasteiger partial charge >= 0.3 is 6.03 Å². The summed E-state index contributed by atoms with van der Waals surface area (Å²) in [5, 5.41) is 6.36. The first-order valence-electron chi connectivity index (χ1n) is 8.71. The van der Waals surface area contributed by atoms with Crippen LogP contribution in [0.4, 0.5) is 4.79 Å². The fraction of sp³-hybridized carbons (Fsp3) is 0.588. The summed E-state index contributed by atoms with van der Waals surface area (Å²) in [4.78, 5) is 27.1. The standard InChI is InChI=1S/C17H23N5OS/c1-11-10-24-16(20-11)14(12-5-6-12)21-17(23)22-9-3-2-4-13(22)15-18-7-8-19-15/h7-8,10,12-14H,2-6,9H2,1H3,(H,18,19)(H,21,23)/t13-,14-/m1/s1. The first kappa shape index (κ1) is 15.6. The summed E-state index contributed by atoms with van der Waals surface area (Å²) in [5.74, 6) is 1.42. The van der Waals surface area contributed by atoms with E-state index in [1.807, 2.05) is 18.0 Å². The summed E-state index contributed by atoms with van der Waals surface area (Å²) < 4.78 is 0. The number of carbonyl (C=O) groups excluding carboxylic acids is 1. The highest BCUT2D eigenvalue weighted by Gasteiger charge is 2.38. The molecule has 0 radical (unpaired) electrons. The van der Waals surface area contributed by atoms with E-state index in [1.165, 1.54) is 12.8 Å². The molecule has 1 saturated heterocycles. The number of thiazole rings is 1. The van der Waals surface area contributed by atoms with Gasteiger partial charge in [-0.2, -0.15) is 0 Å². The van der Waals surface area contributed by atoms with Crippen molar-refractivity contribution >= 4 is 17.4 Å². The molecule has 1 saturated carbocycles. The van der Waals surface area contributed by atoms with Gasteiger partial charge < -0.3 is 15.2 Å². The van der Waals surface area contributed by atoms with Gasteiger partial charge in [0.2, 0.25) is 0 Å². The Labute approximate surface area is 145 Å². The van der Waals surface area contributed by atoms with Crippen LogP contribution in [0.15, 0.2) is 17.8 Å². The van der Waals surface area contributed by atoms with E-state index >= 15 is 0 Å². The third-order valence-corrected chi connectivity index (χ3v) is 5.92. The minimum Gasteiger partial charge on any atom is -0.347 e. The van der Waals surface area contributed by atoms with Crippen LogP contribution in [0.2, 0.25) is 0 Å². The topological polar surface area (TPSA) is 73.9 Å². The zero-order valence-corrected chi connectivity index (χ0v) is 14.7. The number of urea groups is 1. The number of aromatic amines is 1. The van der Waals surface area contributed by atoms with Crippen molar-refractivity contribution in [2.75, 3.05) is 6.54 Å². The van der Waals surface area contributed by atoms with Crippen LogP contribution in [0.1, 0.15) is 60.7 Å². The van der Waals surface area contributed by atoms with E-state index in [2.05, 4.69) is 25.6 Å². The Balaban J connectivity index is 1.51. The van der Waals surface area contributed by atoms with Crippen molar-refractivity contribution < 1.29 is 4.79 Å². The maximum absolute atomic E-state index is 13.0. The average Bonchev–Trinajstić information content (AvgIpc) is 3.10. The van der Waals surface area contributed by atoms with Crippen molar-refractivity contribution in [2.45, 2.75) is 51.1 Å². The second-order valence-corrected chi connectivity index (χ2v) is 7.66. The number of imidazole rings is 1. The van der Waals surface area contributed by atoms with Crippen molar-refractivity contribution in [3.05, 3.63) is 34.3 Å². The molecule has 0 aromatic carbocycles. The molecule has 4 rings (SSSR count). The van der Waals surface area contributed by atoms with Crippen molar-refractivity contribution in [1.29, 1.82) is 0 Å². The van der Waals surface area contributed by atoms with Gasteiger partial charge in [0.15, 0.2) is 0 Å². The van der Waals surface area contributed by atoms with Crippen LogP contribution in [0.25, 0.3) is 0 Å². The minimum atomic E-state index is 0.0147. The third-order valence-electron chi connectivity index (χ3n) is 4.87. The smallest absolute Gasteiger partial charge is 0.318 e. The molecule has 0 unspecified atom stereocenters. The maximum atomic E-state index is 13.0. The zero-order chi connectivity index (χ0) is 16.5. The molecule has 2 atom stereocenters. The van der Waals surface area contributed by atoms with Gasteiger partial charge in [-0.3, -0.25) is 0 Å². The first-order valence-corrected chi connectivity index (χ1v) is 9.59. The zero-order valence-electron chi connectivity index (χ0n) is 13.9. The summed E-state index contributed by atoms with van der Waals surface area (Å²) in [6.45, 7) is 2.79.